The van der Waals surface area contributed by atoms with E-state index in [2.05, 4.69) is 10.6 Å². The van der Waals surface area contributed by atoms with E-state index in [9.17, 15) is 9.59 Å². The smallest absolute Gasteiger partial charge is 0.289 e. The van der Waals surface area contributed by atoms with Gasteiger partial charge in [-0.1, -0.05) is 18.2 Å². The van der Waals surface area contributed by atoms with Gasteiger partial charge in [-0.3, -0.25) is 9.59 Å². The number of anilines is 1. The van der Waals surface area contributed by atoms with E-state index in [1.54, 1.807) is 6.07 Å². The van der Waals surface area contributed by atoms with E-state index < -0.39 is 5.54 Å². The molecule has 0 saturated heterocycles. The van der Waals surface area contributed by atoms with Crippen LogP contribution in [-0.4, -0.2) is 17.4 Å². The zero-order valence-corrected chi connectivity index (χ0v) is 15.2. The Morgan fingerprint density at radius 2 is 1.88 bits per heavy atom. The first-order chi connectivity index (χ1) is 11.8. The third kappa shape index (κ3) is 4.09. The van der Waals surface area contributed by atoms with Gasteiger partial charge in [-0.05, 0) is 44.4 Å². The second-order valence-electron chi connectivity index (χ2n) is 6.81. The van der Waals surface area contributed by atoms with Crippen LogP contribution in [0.4, 0.5) is 5.69 Å². The van der Waals surface area contributed by atoms with Crippen molar-refractivity contribution in [3.8, 4) is 0 Å². The SMILES string of the molecule is CC(C)(C)NC(=O)c1oc2ccccc2c1NC(=O)Cc1cccs1. The van der Waals surface area contributed by atoms with Crippen molar-refractivity contribution in [2.45, 2.75) is 32.7 Å². The number of furan rings is 1. The molecular weight excluding hydrogens is 336 g/mol. The van der Waals surface area contributed by atoms with Gasteiger partial charge in [0.25, 0.3) is 5.91 Å². The van der Waals surface area contributed by atoms with E-state index in [1.165, 1.54) is 11.3 Å². The summed E-state index contributed by atoms with van der Waals surface area (Å²) in [6.45, 7) is 5.67. The Labute approximate surface area is 150 Å². The molecule has 3 aromatic rings. The van der Waals surface area contributed by atoms with Gasteiger partial charge in [0.1, 0.15) is 11.3 Å². The van der Waals surface area contributed by atoms with Gasteiger partial charge in [-0.25, -0.2) is 0 Å². The quantitative estimate of drug-likeness (QED) is 0.736. The molecule has 0 aliphatic heterocycles. The van der Waals surface area contributed by atoms with Crippen LogP contribution < -0.4 is 10.6 Å². The molecule has 2 heterocycles. The van der Waals surface area contributed by atoms with E-state index in [4.69, 9.17) is 4.42 Å². The first-order valence-corrected chi connectivity index (χ1v) is 8.88. The maximum absolute atomic E-state index is 12.6. The number of fused-ring (bicyclic) bond motifs is 1. The molecule has 0 aliphatic rings. The average Bonchev–Trinajstić information content (AvgIpc) is 3.14. The van der Waals surface area contributed by atoms with E-state index in [-0.39, 0.29) is 24.0 Å². The van der Waals surface area contributed by atoms with E-state index in [0.29, 0.717) is 16.7 Å². The van der Waals surface area contributed by atoms with Crippen LogP contribution in [-0.2, 0) is 11.2 Å². The third-order valence-electron chi connectivity index (χ3n) is 3.47. The van der Waals surface area contributed by atoms with E-state index in [0.717, 1.165) is 4.88 Å². The second-order valence-corrected chi connectivity index (χ2v) is 7.84. The van der Waals surface area contributed by atoms with Crippen LogP contribution in [0.15, 0.2) is 46.2 Å². The fraction of sp³-hybridized carbons (Fsp3) is 0.263. The fourth-order valence-electron chi connectivity index (χ4n) is 2.48. The zero-order chi connectivity index (χ0) is 18.0. The summed E-state index contributed by atoms with van der Waals surface area (Å²) in [5.74, 6) is -0.412. The Morgan fingerprint density at radius 1 is 1.12 bits per heavy atom. The number of hydrogen-bond acceptors (Lipinski definition) is 4. The topological polar surface area (TPSA) is 71.3 Å². The highest BCUT2D eigenvalue weighted by Crippen LogP contribution is 2.31. The van der Waals surface area contributed by atoms with Crippen molar-refractivity contribution in [2.75, 3.05) is 5.32 Å². The van der Waals surface area contributed by atoms with Crippen molar-refractivity contribution in [1.29, 1.82) is 0 Å². The minimum Gasteiger partial charge on any atom is -0.449 e. The Balaban J connectivity index is 1.93. The van der Waals surface area contributed by atoms with Crippen LogP contribution in [0.1, 0.15) is 36.2 Å². The van der Waals surface area contributed by atoms with Gasteiger partial charge >= 0.3 is 0 Å². The molecule has 0 spiro atoms. The van der Waals surface area contributed by atoms with Gasteiger partial charge < -0.3 is 15.1 Å². The molecule has 2 amide bonds. The van der Waals surface area contributed by atoms with E-state index >= 15 is 0 Å². The molecule has 5 nitrogen and oxygen atoms in total. The number of thiophene rings is 1. The molecule has 25 heavy (non-hydrogen) atoms. The number of benzene rings is 1. The molecular formula is C19H20N2O3S. The summed E-state index contributed by atoms with van der Waals surface area (Å²) < 4.78 is 5.72. The minimum atomic E-state index is -0.408. The van der Waals surface area contributed by atoms with E-state index in [1.807, 2.05) is 56.5 Å². The van der Waals surface area contributed by atoms with Crippen LogP contribution in [0.25, 0.3) is 11.0 Å². The predicted molar refractivity (Wildman–Crippen MR) is 100 cm³/mol. The highest BCUT2D eigenvalue weighted by Gasteiger charge is 2.25. The fourth-order valence-corrected chi connectivity index (χ4v) is 3.19. The molecule has 0 saturated carbocycles. The number of carbonyl (C=O) groups is 2. The lowest BCUT2D eigenvalue weighted by Gasteiger charge is -2.19. The zero-order valence-electron chi connectivity index (χ0n) is 14.4. The molecule has 130 valence electrons. The van der Waals surface area contributed by atoms with Gasteiger partial charge in [-0.2, -0.15) is 0 Å². The maximum atomic E-state index is 12.6. The summed E-state index contributed by atoms with van der Waals surface area (Å²) in [5, 5.41) is 8.36. The van der Waals surface area contributed by atoms with Crippen molar-refractivity contribution in [3.05, 3.63) is 52.4 Å². The second kappa shape index (κ2) is 6.72. The Kier molecular flexibility index (Phi) is 4.63. The molecule has 0 fully saturated rings. The molecule has 6 heteroatoms. The number of rotatable bonds is 4. The average molecular weight is 356 g/mol. The number of para-hydroxylation sites is 1. The largest absolute Gasteiger partial charge is 0.449 e. The van der Waals surface area contributed by atoms with Gasteiger partial charge in [0.05, 0.1) is 6.42 Å². The van der Waals surface area contributed by atoms with Crippen LogP contribution >= 0.6 is 11.3 Å². The molecule has 1 aromatic carbocycles. The lowest BCUT2D eigenvalue weighted by molar-refractivity contribution is -0.115. The van der Waals surface area contributed by atoms with Crippen LogP contribution in [0.5, 0.6) is 0 Å². The van der Waals surface area contributed by atoms with Crippen LogP contribution in [0, 0.1) is 0 Å². The predicted octanol–water partition coefficient (Wildman–Crippen LogP) is 4.20. The minimum absolute atomic E-state index is 0.121. The Morgan fingerprint density at radius 3 is 2.56 bits per heavy atom. The molecule has 0 aliphatic carbocycles. The lowest BCUT2D eigenvalue weighted by Crippen LogP contribution is -2.40. The van der Waals surface area contributed by atoms with Gasteiger partial charge in [0.2, 0.25) is 11.7 Å². The summed E-state index contributed by atoms with van der Waals surface area (Å²) in [6, 6.07) is 11.1. The first-order valence-electron chi connectivity index (χ1n) is 8.00. The van der Waals surface area contributed by atoms with Gasteiger partial charge in [0.15, 0.2) is 0 Å². The summed E-state index contributed by atoms with van der Waals surface area (Å²) >= 11 is 1.52. The number of amides is 2. The summed E-state index contributed by atoms with van der Waals surface area (Å²) in [6.07, 6.45) is 0.261. The van der Waals surface area contributed by atoms with Crippen molar-refractivity contribution in [2.24, 2.45) is 0 Å². The van der Waals surface area contributed by atoms with Crippen LogP contribution in [0.3, 0.4) is 0 Å². The molecule has 0 unspecified atom stereocenters. The summed E-state index contributed by atoms with van der Waals surface area (Å²) in [7, 11) is 0. The lowest BCUT2D eigenvalue weighted by atomic mass is 10.1. The Hall–Kier alpha value is -2.60. The van der Waals surface area contributed by atoms with Crippen molar-refractivity contribution >= 4 is 39.8 Å². The van der Waals surface area contributed by atoms with Crippen molar-refractivity contribution in [3.63, 3.8) is 0 Å². The molecule has 3 rings (SSSR count). The van der Waals surface area contributed by atoms with Crippen molar-refractivity contribution < 1.29 is 14.0 Å². The third-order valence-corrected chi connectivity index (χ3v) is 4.35. The molecule has 2 aromatic heterocycles. The first kappa shape index (κ1) is 17.2. The number of nitrogens with one attached hydrogen (secondary N) is 2. The monoisotopic (exact) mass is 356 g/mol. The molecule has 0 radical (unpaired) electrons. The highest BCUT2D eigenvalue weighted by atomic mass is 32.1. The molecule has 0 bridgehead atoms. The molecule has 0 atom stereocenters. The standard InChI is InChI=1S/C19H20N2O3S/c1-19(2,3)21-18(23)17-16(13-8-4-5-9-14(13)24-17)20-15(22)11-12-7-6-10-25-12/h4-10H,11H2,1-3H3,(H,20,22)(H,21,23). The molecule has 2 N–H and O–H groups in total. The summed E-state index contributed by atoms with van der Waals surface area (Å²) in [5.41, 5.74) is 0.570. The number of hydrogen-bond donors (Lipinski definition) is 2. The normalized spacial score (nSPS) is 11.5. The van der Waals surface area contributed by atoms with Crippen LogP contribution in [0.2, 0.25) is 0 Å². The van der Waals surface area contributed by atoms with Gasteiger partial charge in [0, 0.05) is 15.8 Å². The van der Waals surface area contributed by atoms with Gasteiger partial charge in [-0.15, -0.1) is 11.3 Å². The number of carbonyl (C=O) groups excluding carboxylic acids is 2. The summed E-state index contributed by atoms with van der Waals surface area (Å²) in [4.78, 5) is 26.0. The maximum Gasteiger partial charge on any atom is 0.289 e. The van der Waals surface area contributed by atoms with Crippen molar-refractivity contribution in [1.82, 2.24) is 5.32 Å². The Bertz CT molecular complexity index is 905. The highest BCUT2D eigenvalue weighted by molar-refractivity contribution is 7.10.